The molecule has 5 nitrogen and oxygen atoms in total. The number of aromatic nitrogens is 3. The number of hydrogen-bond donors (Lipinski definition) is 1. The molecule has 0 saturated carbocycles. The lowest BCUT2D eigenvalue weighted by molar-refractivity contribution is 0.430. The van der Waals surface area contributed by atoms with Gasteiger partial charge in [-0.2, -0.15) is 9.61 Å². The number of aromatic hydroxyl groups is 1. The molecule has 3 heterocycles. The second kappa shape index (κ2) is 4.23. The maximum absolute atomic E-state index is 9.88. The van der Waals surface area contributed by atoms with Crippen molar-refractivity contribution in [2.24, 2.45) is 0 Å². The van der Waals surface area contributed by atoms with Crippen LogP contribution in [0.3, 0.4) is 0 Å². The molecule has 88 valence electrons. The summed E-state index contributed by atoms with van der Waals surface area (Å²) < 4.78 is 1.45. The molecule has 1 saturated heterocycles. The summed E-state index contributed by atoms with van der Waals surface area (Å²) in [6, 6.07) is 3.53. The molecule has 0 radical (unpaired) electrons. The van der Waals surface area contributed by atoms with Gasteiger partial charge >= 0.3 is 0 Å². The topological polar surface area (TPSA) is 53.7 Å². The van der Waals surface area contributed by atoms with Crippen LogP contribution in [0.1, 0.15) is 10.9 Å². The van der Waals surface area contributed by atoms with E-state index < -0.39 is 0 Å². The zero-order valence-electron chi connectivity index (χ0n) is 9.58. The van der Waals surface area contributed by atoms with Gasteiger partial charge in [0.25, 0.3) is 0 Å². The fourth-order valence-electron chi connectivity index (χ4n) is 2.04. The van der Waals surface area contributed by atoms with Gasteiger partial charge in [-0.3, -0.25) is 0 Å². The van der Waals surface area contributed by atoms with Gasteiger partial charge in [0.15, 0.2) is 13.6 Å². The highest BCUT2D eigenvalue weighted by Crippen LogP contribution is 2.32. The monoisotopic (exact) mass is 248 g/mol. The van der Waals surface area contributed by atoms with Crippen LogP contribution in [0.4, 0.5) is 0 Å². The molecule has 1 unspecified atom stereocenters. The number of rotatable bonds is 1. The molecule has 3 rings (SSSR count). The summed E-state index contributed by atoms with van der Waals surface area (Å²) in [5.74, 6) is 1.26. The van der Waals surface area contributed by atoms with Gasteiger partial charge in [-0.1, -0.05) is 0 Å². The van der Waals surface area contributed by atoms with E-state index in [2.05, 4.69) is 22.9 Å². The Hall–Kier alpha value is -1.21. The van der Waals surface area contributed by atoms with Crippen molar-refractivity contribution in [2.45, 2.75) is 5.25 Å². The van der Waals surface area contributed by atoms with Gasteiger partial charge in [0.2, 0.25) is 5.88 Å². The van der Waals surface area contributed by atoms with Crippen molar-refractivity contribution in [3.8, 4) is 5.88 Å². The lowest BCUT2D eigenvalue weighted by atomic mass is 10.2. The van der Waals surface area contributed by atoms with Crippen molar-refractivity contribution in [3.05, 3.63) is 24.0 Å². The smallest absolute Gasteiger partial charge is 0.215 e. The van der Waals surface area contributed by atoms with Crippen LogP contribution in [0.15, 0.2) is 18.3 Å². The van der Waals surface area contributed by atoms with Crippen molar-refractivity contribution >= 4 is 25.4 Å². The molecule has 0 amide bonds. The minimum absolute atomic E-state index is 0.156. The molecular formula is C10H13BN4OS. The van der Waals surface area contributed by atoms with Gasteiger partial charge < -0.3 is 9.92 Å². The molecule has 1 N–H and O–H groups in total. The Morgan fingerprint density at radius 2 is 2.41 bits per heavy atom. The summed E-state index contributed by atoms with van der Waals surface area (Å²) in [6.07, 6.45) is 1.64. The number of fused-ring (bicyclic) bond motifs is 1. The normalized spacial score (nSPS) is 22.0. The second-order valence-electron chi connectivity index (χ2n) is 4.26. The third kappa shape index (κ3) is 2.00. The van der Waals surface area contributed by atoms with E-state index in [1.807, 2.05) is 11.8 Å². The standard InChI is InChI=1S/C10H13BN4OS/c11-14-3-4-17-8(6-14)7-5-10(16)15-9(13-7)1-2-12-15/h1-2,5,8,16H,3-4,6,11H2. The van der Waals surface area contributed by atoms with E-state index in [0.717, 1.165) is 24.5 Å². The molecule has 1 atom stereocenters. The van der Waals surface area contributed by atoms with Gasteiger partial charge in [0.1, 0.15) is 0 Å². The van der Waals surface area contributed by atoms with Crippen LogP contribution in [-0.2, 0) is 0 Å². The van der Waals surface area contributed by atoms with Crippen molar-refractivity contribution in [1.82, 2.24) is 19.4 Å². The third-order valence-corrected chi connectivity index (χ3v) is 4.17. The summed E-state index contributed by atoms with van der Waals surface area (Å²) in [6.45, 7) is 2.09. The van der Waals surface area contributed by atoms with Gasteiger partial charge in [-0.25, -0.2) is 4.98 Å². The van der Waals surface area contributed by atoms with E-state index in [9.17, 15) is 5.11 Å². The average Bonchev–Trinajstić information content (AvgIpc) is 2.77. The molecule has 0 aromatic carbocycles. The SMILES string of the molecule is BN1CCSC(c2cc(O)n3nccc3n2)C1. The first-order valence-corrected chi connectivity index (χ1v) is 6.63. The largest absolute Gasteiger partial charge is 0.493 e. The van der Waals surface area contributed by atoms with Crippen molar-refractivity contribution in [2.75, 3.05) is 18.8 Å². The summed E-state index contributed by atoms with van der Waals surface area (Å²) in [5, 5.41) is 14.2. The Morgan fingerprint density at radius 1 is 1.53 bits per heavy atom. The Balaban J connectivity index is 1.99. The van der Waals surface area contributed by atoms with Gasteiger partial charge in [0.05, 0.1) is 17.1 Å². The fourth-order valence-corrected chi connectivity index (χ4v) is 3.39. The summed E-state index contributed by atoms with van der Waals surface area (Å²) in [7, 11) is 2.12. The van der Waals surface area contributed by atoms with Crippen LogP contribution in [0.25, 0.3) is 5.65 Å². The van der Waals surface area contributed by atoms with Crippen LogP contribution in [0.5, 0.6) is 5.88 Å². The maximum atomic E-state index is 9.88. The van der Waals surface area contributed by atoms with E-state index in [-0.39, 0.29) is 5.88 Å². The molecule has 0 spiro atoms. The Morgan fingerprint density at radius 3 is 3.24 bits per heavy atom. The highest BCUT2D eigenvalue weighted by Gasteiger charge is 2.21. The third-order valence-electron chi connectivity index (χ3n) is 2.96. The van der Waals surface area contributed by atoms with Crippen molar-refractivity contribution in [3.63, 3.8) is 0 Å². The Kier molecular flexibility index (Phi) is 2.72. The highest BCUT2D eigenvalue weighted by molar-refractivity contribution is 7.99. The summed E-state index contributed by atoms with van der Waals surface area (Å²) >= 11 is 1.89. The molecule has 1 aliphatic heterocycles. The van der Waals surface area contributed by atoms with Gasteiger partial charge in [-0.15, -0.1) is 11.8 Å². The van der Waals surface area contributed by atoms with Crippen LogP contribution in [0, 0.1) is 0 Å². The summed E-state index contributed by atoms with van der Waals surface area (Å²) in [4.78, 5) is 6.84. The minimum Gasteiger partial charge on any atom is -0.493 e. The van der Waals surface area contributed by atoms with Crippen molar-refractivity contribution < 1.29 is 5.11 Å². The summed E-state index contributed by atoms with van der Waals surface area (Å²) in [5.41, 5.74) is 1.64. The zero-order chi connectivity index (χ0) is 11.8. The molecule has 2 aromatic heterocycles. The van der Waals surface area contributed by atoms with Crippen LogP contribution < -0.4 is 0 Å². The van der Waals surface area contributed by atoms with E-state index in [4.69, 9.17) is 0 Å². The minimum atomic E-state index is 0.156. The molecule has 1 fully saturated rings. The first-order chi connectivity index (χ1) is 8.24. The van der Waals surface area contributed by atoms with Crippen LogP contribution in [-0.4, -0.2) is 51.3 Å². The van der Waals surface area contributed by atoms with E-state index >= 15 is 0 Å². The van der Waals surface area contributed by atoms with E-state index in [1.165, 1.54) is 4.52 Å². The van der Waals surface area contributed by atoms with E-state index in [1.54, 1.807) is 18.3 Å². The number of hydrogen-bond acceptors (Lipinski definition) is 5. The van der Waals surface area contributed by atoms with E-state index in [0.29, 0.717) is 10.9 Å². The fraction of sp³-hybridized carbons (Fsp3) is 0.400. The molecule has 17 heavy (non-hydrogen) atoms. The molecule has 0 aliphatic carbocycles. The number of nitrogens with zero attached hydrogens (tertiary/aromatic N) is 4. The van der Waals surface area contributed by atoms with Crippen LogP contribution >= 0.6 is 11.8 Å². The molecular weight excluding hydrogens is 235 g/mol. The van der Waals surface area contributed by atoms with Crippen molar-refractivity contribution in [1.29, 1.82) is 0 Å². The lowest BCUT2D eigenvalue weighted by Crippen LogP contribution is -2.32. The second-order valence-corrected chi connectivity index (χ2v) is 5.57. The number of thioether (sulfide) groups is 1. The molecule has 0 bridgehead atoms. The quantitative estimate of drug-likeness (QED) is 0.724. The Labute approximate surface area is 104 Å². The first-order valence-electron chi connectivity index (χ1n) is 5.58. The van der Waals surface area contributed by atoms with Gasteiger partial charge in [0, 0.05) is 24.4 Å². The predicted molar refractivity (Wildman–Crippen MR) is 70.0 cm³/mol. The zero-order valence-corrected chi connectivity index (χ0v) is 10.4. The first kappa shape index (κ1) is 10.9. The van der Waals surface area contributed by atoms with Gasteiger partial charge in [-0.05, 0) is 6.54 Å². The highest BCUT2D eigenvalue weighted by atomic mass is 32.2. The molecule has 1 aliphatic rings. The van der Waals surface area contributed by atoms with Crippen LogP contribution in [0.2, 0.25) is 0 Å². The molecule has 7 heteroatoms. The Bertz CT molecular complexity index is 546. The maximum Gasteiger partial charge on any atom is 0.215 e. The average molecular weight is 248 g/mol. The lowest BCUT2D eigenvalue weighted by Gasteiger charge is -2.29. The predicted octanol–water partition coefficient (Wildman–Crippen LogP) is 0.0729. The molecule has 2 aromatic rings.